The van der Waals surface area contributed by atoms with Crippen LogP contribution in [-0.2, 0) is 12.3 Å². The normalized spacial score (nSPS) is 10.7. The molecule has 10 nitrogen and oxygen atoms in total. The summed E-state index contributed by atoms with van der Waals surface area (Å²) in [6.45, 7) is 4.15. The molecule has 0 aliphatic carbocycles. The third-order valence-corrected chi connectivity index (χ3v) is 3.86. The first-order chi connectivity index (χ1) is 11.7. The van der Waals surface area contributed by atoms with E-state index in [9.17, 15) is 10.1 Å². The lowest BCUT2D eigenvalue weighted by Crippen LogP contribution is -1.99. The molecule has 1 aromatic carbocycles. The minimum atomic E-state index is -0.465. The summed E-state index contributed by atoms with van der Waals surface area (Å²) in [6.07, 6.45) is 1.69. The van der Waals surface area contributed by atoms with Crippen molar-refractivity contribution in [1.29, 1.82) is 0 Å². The van der Waals surface area contributed by atoms with E-state index in [-0.39, 0.29) is 5.69 Å². The highest BCUT2D eigenvalue weighted by atomic mass is 32.2. The smallest absolute Gasteiger partial charge is 0.269 e. The summed E-state index contributed by atoms with van der Waals surface area (Å²) in [4.78, 5) is 10.2. The van der Waals surface area contributed by atoms with Gasteiger partial charge in [-0.2, -0.15) is 0 Å². The van der Waals surface area contributed by atoms with Gasteiger partial charge in [-0.05, 0) is 22.6 Å². The van der Waals surface area contributed by atoms with E-state index in [1.54, 1.807) is 22.9 Å². The monoisotopic (exact) mass is 345 g/mol. The maximum absolute atomic E-state index is 10.7. The number of aromatic nitrogens is 6. The lowest BCUT2D eigenvalue weighted by molar-refractivity contribution is -0.384. The fourth-order valence-electron chi connectivity index (χ4n) is 1.82. The van der Waals surface area contributed by atoms with Crippen LogP contribution in [0.4, 0.5) is 5.69 Å². The van der Waals surface area contributed by atoms with Crippen LogP contribution in [0.1, 0.15) is 5.89 Å². The summed E-state index contributed by atoms with van der Waals surface area (Å²) in [5.41, 5.74) is 0.615. The van der Waals surface area contributed by atoms with E-state index in [2.05, 4.69) is 32.3 Å². The Bertz CT molecular complexity index is 859. The van der Waals surface area contributed by atoms with Crippen LogP contribution in [0.25, 0.3) is 11.5 Å². The predicted molar refractivity (Wildman–Crippen MR) is 84.0 cm³/mol. The van der Waals surface area contributed by atoms with Gasteiger partial charge < -0.3 is 4.42 Å². The Morgan fingerprint density at radius 2 is 2.08 bits per heavy atom. The van der Waals surface area contributed by atoms with Gasteiger partial charge in [-0.15, -0.1) is 21.9 Å². The average molecular weight is 345 g/mol. The van der Waals surface area contributed by atoms with E-state index in [0.29, 0.717) is 34.8 Å². The number of allylic oxidation sites excluding steroid dienone is 1. The Morgan fingerprint density at radius 3 is 2.79 bits per heavy atom. The number of nitro groups is 1. The highest BCUT2D eigenvalue weighted by Gasteiger charge is 2.13. The average Bonchev–Trinajstić information content (AvgIpc) is 3.23. The van der Waals surface area contributed by atoms with Crippen LogP contribution >= 0.6 is 11.8 Å². The first kappa shape index (κ1) is 15.8. The van der Waals surface area contributed by atoms with Crippen molar-refractivity contribution < 1.29 is 9.34 Å². The van der Waals surface area contributed by atoms with Crippen molar-refractivity contribution in [3.8, 4) is 11.5 Å². The van der Waals surface area contributed by atoms with Gasteiger partial charge in [0.05, 0.1) is 17.2 Å². The van der Waals surface area contributed by atoms with E-state index in [1.165, 1.54) is 23.9 Å². The summed E-state index contributed by atoms with van der Waals surface area (Å²) in [5.74, 6) is 1.10. The number of thioether (sulfide) groups is 1. The van der Waals surface area contributed by atoms with Gasteiger partial charge in [0, 0.05) is 17.7 Å². The Labute approximate surface area is 139 Å². The second kappa shape index (κ2) is 7.00. The molecular weight excluding hydrogens is 334 g/mol. The Hall–Kier alpha value is -3.08. The number of nitro benzene ring substituents is 1. The van der Waals surface area contributed by atoms with Gasteiger partial charge in [-0.25, -0.2) is 4.68 Å². The molecule has 11 heteroatoms. The van der Waals surface area contributed by atoms with Gasteiger partial charge in [0.2, 0.25) is 16.9 Å². The Balaban J connectivity index is 1.68. The van der Waals surface area contributed by atoms with Crippen LogP contribution in [0.3, 0.4) is 0 Å². The van der Waals surface area contributed by atoms with Gasteiger partial charge in [-0.1, -0.05) is 17.8 Å². The minimum Gasteiger partial charge on any atom is -0.420 e. The first-order valence-corrected chi connectivity index (χ1v) is 7.73. The van der Waals surface area contributed by atoms with Crippen LogP contribution in [0.5, 0.6) is 0 Å². The van der Waals surface area contributed by atoms with Gasteiger partial charge in [-0.3, -0.25) is 10.1 Å². The van der Waals surface area contributed by atoms with Crippen molar-refractivity contribution in [2.45, 2.75) is 17.5 Å². The lowest BCUT2D eigenvalue weighted by Gasteiger charge is -1.98. The number of tetrazole rings is 1. The molecule has 0 amide bonds. The molecule has 0 aliphatic heterocycles. The minimum absolute atomic E-state index is 0.00287. The van der Waals surface area contributed by atoms with Gasteiger partial charge in [0.15, 0.2) is 0 Å². The predicted octanol–water partition coefficient (Wildman–Crippen LogP) is 2.11. The van der Waals surface area contributed by atoms with Gasteiger partial charge >= 0.3 is 0 Å². The maximum Gasteiger partial charge on any atom is 0.269 e. The lowest BCUT2D eigenvalue weighted by atomic mass is 10.2. The van der Waals surface area contributed by atoms with Gasteiger partial charge in [0.25, 0.3) is 5.69 Å². The molecule has 0 spiro atoms. The molecule has 3 rings (SSSR count). The summed E-state index contributed by atoms with van der Waals surface area (Å²) < 4.78 is 7.16. The topological polar surface area (TPSA) is 126 Å². The van der Waals surface area contributed by atoms with Crippen LogP contribution in [0.15, 0.2) is 46.5 Å². The zero-order chi connectivity index (χ0) is 16.9. The zero-order valence-electron chi connectivity index (χ0n) is 12.3. The van der Waals surface area contributed by atoms with E-state index >= 15 is 0 Å². The van der Waals surface area contributed by atoms with Crippen molar-refractivity contribution in [3.63, 3.8) is 0 Å². The van der Waals surface area contributed by atoms with E-state index in [4.69, 9.17) is 4.42 Å². The molecule has 0 unspecified atom stereocenters. The highest BCUT2D eigenvalue weighted by molar-refractivity contribution is 7.98. The third-order valence-electron chi connectivity index (χ3n) is 2.92. The first-order valence-electron chi connectivity index (χ1n) is 6.74. The summed E-state index contributed by atoms with van der Waals surface area (Å²) in [7, 11) is 0. The van der Waals surface area contributed by atoms with Crippen LogP contribution in [-0.4, -0.2) is 35.3 Å². The standard InChI is InChI=1S/C13H11N7O3S/c1-2-7-19-13(16-17-18-19)24-8-11-14-15-12(23-11)9-3-5-10(6-4-9)20(21)22/h2-6H,1,7-8H2. The number of benzene rings is 1. The highest BCUT2D eigenvalue weighted by Crippen LogP contribution is 2.24. The SMILES string of the molecule is C=CCn1nnnc1SCc1nnc(-c2ccc([N+](=O)[O-])cc2)o1. The summed E-state index contributed by atoms with van der Waals surface area (Å²) in [6, 6.07) is 5.90. The largest absolute Gasteiger partial charge is 0.420 e. The quantitative estimate of drug-likeness (QED) is 0.274. The maximum atomic E-state index is 10.7. The molecule has 0 atom stereocenters. The second-order valence-electron chi connectivity index (χ2n) is 4.53. The Kier molecular flexibility index (Phi) is 4.61. The summed E-state index contributed by atoms with van der Waals surface area (Å²) >= 11 is 1.36. The molecule has 0 bridgehead atoms. The molecular formula is C13H11N7O3S. The zero-order valence-corrected chi connectivity index (χ0v) is 13.1. The number of hydrogen-bond donors (Lipinski definition) is 0. The fourth-order valence-corrected chi connectivity index (χ4v) is 2.54. The van der Waals surface area contributed by atoms with E-state index in [1.807, 2.05) is 0 Å². The molecule has 0 saturated carbocycles. The van der Waals surface area contributed by atoms with Crippen molar-refractivity contribution in [2.24, 2.45) is 0 Å². The number of hydrogen-bond acceptors (Lipinski definition) is 9. The molecule has 3 aromatic rings. The molecule has 2 heterocycles. The summed E-state index contributed by atoms with van der Waals surface area (Å²) in [5, 5.41) is 30.5. The van der Waals surface area contributed by atoms with Crippen LogP contribution in [0, 0.1) is 10.1 Å². The second-order valence-corrected chi connectivity index (χ2v) is 5.47. The number of nitrogens with zero attached hydrogens (tertiary/aromatic N) is 7. The van der Waals surface area contributed by atoms with Crippen LogP contribution in [0.2, 0.25) is 0 Å². The molecule has 0 aliphatic rings. The molecule has 122 valence electrons. The number of rotatable bonds is 7. The van der Waals surface area contributed by atoms with Crippen molar-refractivity contribution >= 4 is 17.4 Å². The van der Waals surface area contributed by atoms with Gasteiger partial charge in [0.1, 0.15) is 0 Å². The molecule has 0 fully saturated rings. The molecule has 0 saturated heterocycles. The Morgan fingerprint density at radius 1 is 1.29 bits per heavy atom. The molecule has 0 N–H and O–H groups in total. The third kappa shape index (κ3) is 3.46. The van der Waals surface area contributed by atoms with Crippen molar-refractivity contribution in [3.05, 3.63) is 52.9 Å². The van der Waals surface area contributed by atoms with Crippen molar-refractivity contribution in [2.75, 3.05) is 0 Å². The molecule has 24 heavy (non-hydrogen) atoms. The van der Waals surface area contributed by atoms with Crippen LogP contribution < -0.4 is 0 Å². The molecule has 0 radical (unpaired) electrons. The number of non-ortho nitro benzene ring substituents is 1. The van der Waals surface area contributed by atoms with E-state index < -0.39 is 4.92 Å². The fraction of sp³-hybridized carbons (Fsp3) is 0.154. The molecule has 2 aromatic heterocycles. The van der Waals surface area contributed by atoms with Crippen molar-refractivity contribution in [1.82, 2.24) is 30.4 Å². The van der Waals surface area contributed by atoms with E-state index in [0.717, 1.165) is 0 Å².